The Morgan fingerprint density at radius 3 is 0.958 bits per heavy atom. The molecule has 0 saturated heterocycles. The van der Waals surface area contributed by atoms with Gasteiger partial charge in [-0.2, -0.15) is 0 Å². The summed E-state index contributed by atoms with van der Waals surface area (Å²) in [6.45, 7) is 13.9. The molecule has 0 radical (unpaired) electrons. The van der Waals surface area contributed by atoms with Crippen molar-refractivity contribution in [2.45, 2.75) is 169 Å². The zero-order valence-corrected chi connectivity index (χ0v) is 33.5. The number of benzene rings is 1. The van der Waals surface area contributed by atoms with Crippen LogP contribution in [0.3, 0.4) is 0 Å². The Kier molecular flexibility index (Phi) is 27.1. The smallest absolute Gasteiger partial charge is 0.335 e. The summed E-state index contributed by atoms with van der Waals surface area (Å²) in [6, 6.07) is 3.75. The Balaban J connectivity index is 3.15. The summed E-state index contributed by atoms with van der Waals surface area (Å²) in [4.78, 5) is 0. The molecule has 0 amide bonds. The van der Waals surface area contributed by atoms with Crippen LogP contribution in [0.2, 0.25) is 0 Å². The fraction of sp³-hybridized carbons (Fsp3) is 0.842. The van der Waals surface area contributed by atoms with Crippen LogP contribution in [0, 0.1) is 0 Å². The van der Waals surface area contributed by atoms with E-state index in [2.05, 4.69) is 13.8 Å². The molecule has 0 aliphatic heterocycles. The van der Waals surface area contributed by atoms with E-state index in [1.807, 2.05) is 39.8 Å². The van der Waals surface area contributed by atoms with E-state index in [4.69, 9.17) is 27.6 Å². The van der Waals surface area contributed by atoms with Gasteiger partial charge in [-0.05, 0) is 52.7 Å². The molecule has 8 nitrogen and oxygen atoms in total. The molecule has 1 aromatic carbocycles. The van der Waals surface area contributed by atoms with Crippen LogP contribution in [0.5, 0.6) is 11.5 Å². The fourth-order valence-electron chi connectivity index (χ4n) is 5.81. The van der Waals surface area contributed by atoms with Crippen molar-refractivity contribution in [3.05, 3.63) is 23.3 Å². The molecular formula is C38H72O8P2. The molecule has 0 aliphatic rings. The summed E-state index contributed by atoms with van der Waals surface area (Å²) in [7, 11) is -6.85. The van der Waals surface area contributed by atoms with Crippen LogP contribution in [0.1, 0.15) is 168 Å². The Hall–Kier alpha value is -0.880. The molecule has 1 rings (SSSR count). The number of rotatable bonds is 34. The molecule has 282 valence electrons. The molecule has 1 aromatic rings. The summed E-state index contributed by atoms with van der Waals surface area (Å²) in [5.74, 6) is 1.17. The lowest BCUT2D eigenvalue weighted by Crippen LogP contribution is -2.08. The van der Waals surface area contributed by atoms with Crippen molar-refractivity contribution in [2.24, 2.45) is 0 Å². The first kappa shape index (κ1) is 45.1. The van der Waals surface area contributed by atoms with E-state index < -0.39 is 15.2 Å². The lowest BCUT2D eigenvalue weighted by molar-refractivity contribution is 0.216. The van der Waals surface area contributed by atoms with Crippen molar-refractivity contribution in [3.8, 4) is 11.5 Å². The molecule has 0 fully saturated rings. The third-order valence-corrected chi connectivity index (χ3v) is 12.3. The monoisotopic (exact) mass is 718 g/mol. The van der Waals surface area contributed by atoms with Crippen molar-refractivity contribution in [3.63, 3.8) is 0 Å². The van der Waals surface area contributed by atoms with E-state index in [9.17, 15) is 9.13 Å². The predicted molar refractivity (Wildman–Crippen MR) is 201 cm³/mol. The Morgan fingerprint density at radius 1 is 0.417 bits per heavy atom. The zero-order chi connectivity index (χ0) is 35.4. The molecule has 0 N–H and O–H groups in total. The highest BCUT2D eigenvalue weighted by atomic mass is 31.2. The fourth-order valence-corrected chi connectivity index (χ4v) is 9.23. The highest BCUT2D eigenvalue weighted by Gasteiger charge is 2.30. The second kappa shape index (κ2) is 28.8. The Morgan fingerprint density at radius 2 is 0.688 bits per heavy atom. The number of hydrogen-bond donors (Lipinski definition) is 0. The second-order valence-electron chi connectivity index (χ2n) is 12.6. The van der Waals surface area contributed by atoms with Crippen LogP contribution >= 0.6 is 15.2 Å². The van der Waals surface area contributed by atoms with Crippen molar-refractivity contribution in [1.29, 1.82) is 0 Å². The van der Waals surface area contributed by atoms with Crippen LogP contribution in [0.15, 0.2) is 12.1 Å². The van der Waals surface area contributed by atoms with Crippen molar-refractivity contribution < 1.29 is 36.7 Å². The standard InChI is InChI=1S/C38H72O8P2/c1-7-13-15-17-19-21-23-25-27-29-41-37-31-36(34-48(40,45-11-5)46-12-6)38(32-35(37)33-47(39,43-9-3)44-10-4)42-30-28-26-24-22-20-18-16-14-8-2/h31-32H,7-30,33-34H2,1-6H3. The van der Waals surface area contributed by atoms with Gasteiger partial charge in [0.15, 0.2) is 0 Å². The summed E-state index contributed by atoms with van der Waals surface area (Å²) >= 11 is 0. The molecule has 10 heteroatoms. The van der Waals surface area contributed by atoms with Gasteiger partial charge in [-0.1, -0.05) is 117 Å². The third-order valence-electron chi connectivity index (χ3n) is 8.29. The van der Waals surface area contributed by atoms with Gasteiger partial charge in [0.2, 0.25) is 0 Å². The van der Waals surface area contributed by atoms with Crippen LogP contribution in [0.25, 0.3) is 0 Å². The van der Waals surface area contributed by atoms with Crippen LogP contribution < -0.4 is 9.47 Å². The molecule has 0 bridgehead atoms. The van der Waals surface area contributed by atoms with Gasteiger partial charge in [0.05, 0.1) is 52.0 Å². The number of ether oxygens (including phenoxy) is 2. The molecule has 0 unspecified atom stereocenters. The normalized spacial score (nSPS) is 12.1. The van der Waals surface area contributed by atoms with Gasteiger partial charge >= 0.3 is 15.2 Å². The Bertz CT molecular complexity index is 919. The second-order valence-corrected chi connectivity index (χ2v) is 16.7. The lowest BCUT2D eigenvalue weighted by atomic mass is 10.1. The summed E-state index contributed by atoms with van der Waals surface area (Å²) < 4.78 is 62.8. The van der Waals surface area contributed by atoms with Crippen molar-refractivity contribution >= 4 is 15.2 Å². The first-order valence-electron chi connectivity index (χ1n) is 19.5. The van der Waals surface area contributed by atoms with Gasteiger partial charge < -0.3 is 27.6 Å². The average Bonchev–Trinajstić information content (AvgIpc) is 3.04. The lowest BCUT2D eigenvalue weighted by Gasteiger charge is -2.23. The minimum absolute atomic E-state index is 0.0605. The minimum atomic E-state index is -3.43. The number of unbranched alkanes of at least 4 members (excludes halogenated alkanes) is 16. The highest BCUT2D eigenvalue weighted by molar-refractivity contribution is 7.53. The largest absolute Gasteiger partial charge is 0.493 e. The minimum Gasteiger partial charge on any atom is -0.493 e. The summed E-state index contributed by atoms with van der Waals surface area (Å²) in [5, 5.41) is 0. The predicted octanol–water partition coefficient (Wildman–Crippen LogP) is 13.0. The maximum atomic E-state index is 13.7. The van der Waals surface area contributed by atoms with Gasteiger partial charge in [-0.25, -0.2) is 0 Å². The quantitative estimate of drug-likeness (QED) is 0.0514. The SMILES string of the molecule is CCCCCCCCCCCOc1cc(CP(=O)(OCC)OCC)c(OCCCCCCCCCCC)cc1CP(=O)(OCC)OCC. The highest BCUT2D eigenvalue weighted by Crippen LogP contribution is 2.55. The zero-order valence-electron chi connectivity index (χ0n) is 31.7. The van der Waals surface area contributed by atoms with Crippen LogP contribution in [0.4, 0.5) is 0 Å². The van der Waals surface area contributed by atoms with E-state index in [0.29, 0.717) is 35.8 Å². The van der Waals surface area contributed by atoms with E-state index in [-0.39, 0.29) is 38.8 Å². The molecule has 0 aromatic heterocycles. The van der Waals surface area contributed by atoms with E-state index in [1.165, 1.54) is 89.9 Å². The first-order chi connectivity index (χ1) is 23.3. The molecule has 0 spiro atoms. The van der Waals surface area contributed by atoms with Gasteiger partial charge in [0.1, 0.15) is 11.5 Å². The maximum Gasteiger partial charge on any atom is 0.335 e. The Labute approximate surface area is 295 Å². The molecular weight excluding hydrogens is 646 g/mol. The number of hydrogen-bond acceptors (Lipinski definition) is 8. The summed E-state index contributed by atoms with van der Waals surface area (Å²) in [6.07, 6.45) is 22.1. The molecule has 0 heterocycles. The van der Waals surface area contributed by atoms with Gasteiger partial charge in [-0.15, -0.1) is 0 Å². The third kappa shape index (κ3) is 20.7. The van der Waals surface area contributed by atoms with Crippen molar-refractivity contribution in [2.75, 3.05) is 39.6 Å². The van der Waals surface area contributed by atoms with Gasteiger partial charge in [0.25, 0.3) is 0 Å². The van der Waals surface area contributed by atoms with Gasteiger partial charge in [-0.3, -0.25) is 9.13 Å². The molecule has 0 aliphatic carbocycles. The topological polar surface area (TPSA) is 89.5 Å². The van der Waals surface area contributed by atoms with Crippen LogP contribution in [-0.4, -0.2) is 39.6 Å². The summed E-state index contributed by atoms with van der Waals surface area (Å²) in [5.41, 5.74) is 1.40. The molecule has 0 atom stereocenters. The van der Waals surface area contributed by atoms with E-state index in [1.54, 1.807) is 0 Å². The molecule has 48 heavy (non-hydrogen) atoms. The molecule has 0 saturated carbocycles. The van der Waals surface area contributed by atoms with Crippen LogP contribution in [-0.2, 0) is 39.5 Å². The van der Waals surface area contributed by atoms with Crippen molar-refractivity contribution in [1.82, 2.24) is 0 Å². The van der Waals surface area contributed by atoms with E-state index in [0.717, 1.165) is 25.7 Å². The maximum absolute atomic E-state index is 13.7. The van der Waals surface area contributed by atoms with Gasteiger partial charge in [0, 0.05) is 11.1 Å². The first-order valence-corrected chi connectivity index (χ1v) is 22.9. The average molecular weight is 719 g/mol. The van der Waals surface area contributed by atoms with E-state index >= 15 is 0 Å².